The van der Waals surface area contributed by atoms with E-state index in [1.54, 1.807) is 30.6 Å². The summed E-state index contributed by atoms with van der Waals surface area (Å²) in [5.74, 6) is 3.27. The highest BCUT2D eigenvalue weighted by Gasteiger charge is 2.22. The van der Waals surface area contributed by atoms with Crippen molar-refractivity contribution in [2.75, 3.05) is 23.8 Å². The van der Waals surface area contributed by atoms with E-state index < -0.39 is 6.29 Å². The Morgan fingerprint density at radius 3 is 1.68 bits per heavy atom. The molecule has 6 heterocycles. The molecule has 63 heavy (non-hydrogen) atoms. The first-order valence-electron chi connectivity index (χ1n) is 19.6. The number of nitrogens with zero attached hydrogens (tertiary/aromatic N) is 6. The van der Waals surface area contributed by atoms with Crippen molar-refractivity contribution in [1.29, 1.82) is 0 Å². The number of pyridine rings is 2. The van der Waals surface area contributed by atoms with Crippen LogP contribution in [0.1, 0.15) is 23.2 Å². The standard InChI is InChI=1S/C27H21FN4O4.C20H14ClFN4O/c28-18-3-1-2-17(12-18)15-35-20-6-4-19(5-7-20)32-26-21-13-22(29-14-23(21)30-16-31-26)24-8-9-25(36-24)27-33-10-11-34-27;21-19-9-17-18(10-23-19)24-12-25-20(17)26-15-4-6-16(7-5-15)27-11-13-2-1-3-14(22)8-13/h1-9,12-14,16,27H,10-11,15H2,(H,30,31,32);1-10,12H,11H2,(H,24,25,26). The molecule has 0 atom stereocenters. The fourth-order valence-corrected chi connectivity index (χ4v) is 6.65. The lowest BCUT2D eigenvalue weighted by atomic mass is 10.2. The largest absolute Gasteiger partial charge is 0.489 e. The van der Waals surface area contributed by atoms with Crippen LogP contribution in [0.3, 0.4) is 0 Å². The van der Waals surface area contributed by atoms with Gasteiger partial charge in [-0.1, -0.05) is 35.9 Å². The third-order valence-electron chi connectivity index (χ3n) is 9.57. The minimum absolute atomic E-state index is 0.275. The first-order valence-corrected chi connectivity index (χ1v) is 20.0. The minimum atomic E-state index is -0.486. The average Bonchev–Trinajstić information content (AvgIpc) is 4.03. The van der Waals surface area contributed by atoms with E-state index in [1.807, 2.05) is 78.9 Å². The molecule has 1 aliphatic heterocycles. The Balaban J connectivity index is 0.000000167. The fourth-order valence-electron chi connectivity index (χ4n) is 6.50. The van der Waals surface area contributed by atoms with Crippen molar-refractivity contribution in [3.05, 3.63) is 180 Å². The first-order chi connectivity index (χ1) is 30.9. The van der Waals surface area contributed by atoms with Crippen molar-refractivity contribution in [2.45, 2.75) is 19.5 Å². The normalized spacial score (nSPS) is 12.5. The molecular formula is C47H35ClF2N8O5. The van der Waals surface area contributed by atoms with E-state index in [1.165, 1.54) is 36.9 Å². The Kier molecular flexibility index (Phi) is 12.3. The summed E-state index contributed by atoms with van der Waals surface area (Å²) in [7, 11) is 0. The number of furan rings is 1. The number of rotatable bonds is 12. The summed E-state index contributed by atoms with van der Waals surface area (Å²) in [4.78, 5) is 25.7. The van der Waals surface area contributed by atoms with Crippen molar-refractivity contribution in [1.82, 2.24) is 29.9 Å². The van der Waals surface area contributed by atoms with Gasteiger partial charge in [0.1, 0.15) is 71.5 Å². The van der Waals surface area contributed by atoms with Gasteiger partial charge in [0, 0.05) is 22.1 Å². The number of halogens is 3. The van der Waals surface area contributed by atoms with Crippen LogP contribution >= 0.6 is 11.6 Å². The molecule has 9 aromatic rings. The summed E-state index contributed by atoms with van der Waals surface area (Å²) >= 11 is 5.98. The number of fused-ring (bicyclic) bond motifs is 2. The molecule has 0 amide bonds. The number of benzene rings is 4. The van der Waals surface area contributed by atoms with Crippen LogP contribution in [0.15, 0.2) is 151 Å². The number of anilines is 4. The molecule has 0 aliphatic carbocycles. The molecule has 2 N–H and O–H groups in total. The Bertz CT molecular complexity index is 2990. The molecule has 10 rings (SSSR count). The lowest BCUT2D eigenvalue weighted by Crippen LogP contribution is -1.98. The van der Waals surface area contributed by atoms with Gasteiger partial charge < -0.3 is 34.0 Å². The molecule has 0 saturated carbocycles. The molecule has 16 heteroatoms. The van der Waals surface area contributed by atoms with Crippen LogP contribution in [0.2, 0.25) is 5.15 Å². The smallest absolute Gasteiger partial charge is 0.217 e. The Hall–Kier alpha value is -7.59. The molecule has 0 unspecified atom stereocenters. The molecule has 0 radical (unpaired) electrons. The molecule has 1 fully saturated rings. The van der Waals surface area contributed by atoms with Crippen molar-refractivity contribution in [2.24, 2.45) is 0 Å². The van der Waals surface area contributed by atoms with E-state index in [4.69, 9.17) is 35.0 Å². The van der Waals surface area contributed by atoms with Gasteiger partial charge in [0.2, 0.25) is 6.29 Å². The topological polar surface area (TPSA) is 151 Å². The van der Waals surface area contributed by atoms with Crippen molar-refractivity contribution >= 4 is 56.4 Å². The summed E-state index contributed by atoms with van der Waals surface area (Å²) in [6, 6.07) is 34.8. The second-order valence-electron chi connectivity index (χ2n) is 14.0. The number of hydrogen-bond acceptors (Lipinski definition) is 13. The molecule has 0 bridgehead atoms. The summed E-state index contributed by atoms with van der Waals surface area (Å²) in [6.45, 7) is 1.67. The van der Waals surface area contributed by atoms with Gasteiger partial charge in [-0.05, 0) is 108 Å². The monoisotopic (exact) mass is 864 g/mol. The maximum atomic E-state index is 13.4. The predicted octanol–water partition coefficient (Wildman–Crippen LogP) is 10.9. The summed E-state index contributed by atoms with van der Waals surface area (Å²) < 4.78 is 55.0. The van der Waals surface area contributed by atoms with Gasteiger partial charge in [0.25, 0.3) is 0 Å². The quantitative estimate of drug-likeness (QED) is 0.112. The van der Waals surface area contributed by atoms with E-state index in [2.05, 4.69) is 40.5 Å². The SMILES string of the molecule is Fc1cccc(COc2ccc(Nc3ncnc4cnc(-c5ccc(C6OCCO6)o5)cc34)cc2)c1.Fc1cccc(COc2ccc(Nc3ncnc4cnc(Cl)cc34)cc2)c1. The van der Waals surface area contributed by atoms with Crippen LogP contribution < -0.4 is 20.1 Å². The number of nitrogens with one attached hydrogen (secondary N) is 2. The summed E-state index contributed by atoms with van der Waals surface area (Å²) in [5.41, 5.74) is 5.23. The average molecular weight is 865 g/mol. The minimum Gasteiger partial charge on any atom is -0.489 e. The molecule has 13 nitrogen and oxygen atoms in total. The maximum absolute atomic E-state index is 13.4. The zero-order valence-corrected chi connectivity index (χ0v) is 33.9. The van der Waals surface area contributed by atoms with Gasteiger partial charge in [-0.3, -0.25) is 4.98 Å². The summed E-state index contributed by atoms with van der Waals surface area (Å²) in [6.07, 6.45) is 5.76. The van der Waals surface area contributed by atoms with E-state index in [9.17, 15) is 8.78 Å². The van der Waals surface area contributed by atoms with Gasteiger partial charge in [0.15, 0.2) is 11.5 Å². The molecular weight excluding hydrogens is 830 g/mol. The van der Waals surface area contributed by atoms with E-state index in [0.29, 0.717) is 76.4 Å². The Labute approximate surface area is 363 Å². The van der Waals surface area contributed by atoms with Crippen LogP contribution in [0.25, 0.3) is 33.3 Å². The molecule has 314 valence electrons. The highest BCUT2D eigenvalue weighted by atomic mass is 35.5. The second kappa shape index (κ2) is 19.0. The van der Waals surface area contributed by atoms with Crippen LogP contribution in [0.4, 0.5) is 31.8 Å². The third-order valence-corrected chi connectivity index (χ3v) is 9.77. The highest BCUT2D eigenvalue weighted by Crippen LogP contribution is 2.32. The van der Waals surface area contributed by atoms with Crippen LogP contribution in [0, 0.1) is 11.6 Å². The van der Waals surface area contributed by atoms with Gasteiger partial charge in [-0.2, -0.15) is 0 Å². The first kappa shape index (κ1) is 40.8. The van der Waals surface area contributed by atoms with Gasteiger partial charge in [0.05, 0.1) is 36.6 Å². The van der Waals surface area contributed by atoms with E-state index in [0.717, 1.165) is 33.3 Å². The number of hydrogen-bond donors (Lipinski definition) is 2. The van der Waals surface area contributed by atoms with E-state index >= 15 is 0 Å². The van der Waals surface area contributed by atoms with Crippen molar-refractivity contribution in [3.63, 3.8) is 0 Å². The molecule has 1 saturated heterocycles. The van der Waals surface area contributed by atoms with Gasteiger partial charge in [-0.25, -0.2) is 33.7 Å². The molecule has 5 aromatic heterocycles. The van der Waals surface area contributed by atoms with Crippen LogP contribution in [0.5, 0.6) is 11.5 Å². The zero-order chi connectivity index (χ0) is 43.0. The van der Waals surface area contributed by atoms with Crippen molar-refractivity contribution in [3.8, 4) is 23.0 Å². The fraction of sp³-hybridized carbons (Fsp3) is 0.106. The van der Waals surface area contributed by atoms with E-state index in [-0.39, 0.29) is 18.2 Å². The molecule has 4 aromatic carbocycles. The van der Waals surface area contributed by atoms with Gasteiger partial charge in [-0.15, -0.1) is 0 Å². The van der Waals surface area contributed by atoms with Crippen LogP contribution in [-0.2, 0) is 22.7 Å². The third kappa shape index (κ3) is 10.3. The second-order valence-corrected chi connectivity index (χ2v) is 14.4. The lowest BCUT2D eigenvalue weighted by molar-refractivity contribution is -0.0585. The molecule has 0 spiro atoms. The molecule has 1 aliphatic rings. The zero-order valence-electron chi connectivity index (χ0n) is 33.1. The van der Waals surface area contributed by atoms with Crippen LogP contribution in [-0.4, -0.2) is 43.1 Å². The Morgan fingerprint density at radius 2 is 1.13 bits per heavy atom. The van der Waals surface area contributed by atoms with Crippen molar-refractivity contribution < 1.29 is 32.1 Å². The Morgan fingerprint density at radius 1 is 0.587 bits per heavy atom. The number of ether oxygens (including phenoxy) is 4. The van der Waals surface area contributed by atoms with Gasteiger partial charge >= 0.3 is 0 Å². The predicted molar refractivity (Wildman–Crippen MR) is 233 cm³/mol. The summed E-state index contributed by atoms with van der Waals surface area (Å²) in [5, 5.41) is 8.52. The lowest BCUT2D eigenvalue weighted by Gasteiger charge is -2.11. The maximum Gasteiger partial charge on any atom is 0.217 e. The highest BCUT2D eigenvalue weighted by molar-refractivity contribution is 6.30. The number of aromatic nitrogens is 6.